The molecule has 4 nitrogen and oxygen atoms in total. The minimum absolute atomic E-state index is 0.163. The third kappa shape index (κ3) is 5.71. The molecule has 0 N–H and O–H groups in total. The standard InChI is InChI=1S/C26H32O4/c1-17(2)19-9-13-23(14-10-19)29-25(27)21-5-7-22(8-6-21)26(28)30-24-15-11-20(12-16-24)18(3)4/h9-18,21-22H,5-8H2,1-4H3. The molecule has 0 amide bonds. The molecule has 0 bridgehead atoms. The fraction of sp³-hybridized carbons (Fsp3) is 0.462. The molecule has 0 unspecified atom stereocenters. The summed E-state index contributed by atoms with van der Waals surface area (Å²) in [5.74, 6) is 1.31. The lowest BCUT2D eigenvalue weighted by Gasteiger charge is -2.25. The van der Waals surface area contributed by atoms with Gasteiger partial charge in [0.1, 0.15) is 11.5 Å². The second-order valence-corrected chi connectivity index (χ2v) is 8.84. The van der Waals surface area contributed by atoms with Crippen molar-refractivity contribution in [1.29, 1.82) is 0 Å². The van der Waals surface area contributed by atoms with E-state index < -0.39 is 0 Å². The number of esters is 2. The molecule has 0 spiro atoms. The summed E-state index contributed by atoms with van der Waals surface area (Å²) in [5.41, 5.74) is 2.43. The van der Waals surface area contributed by atoms with E-state index in [1.165, 1.54) is 11.1 Å². The SMILES string of the molecule is CC(C)c1ccc(OC(=O)C2CCC(C(=O)Oc3ccc(C(C)C)cc3)CC2)cc1. The van der Waals surface area contributed by atoms with Gasteiger partial charge in [-0.25, -0.2) is 0 Å². The molecule has 2 aromatic rings. The maximum absolute atomic E-state index is 12.5. The van der Waals surface area contributed by atoms with Gasteiger partial charge in [0.15, 0.2) is 0 Å². The number of carbonyl (C=O) groups excluding carboxylic acids is 2. The molecular weight excluding hydrogens is 376 g/mol. The molecule has 0 aliphatic heterocycles. The third-order valence-electron chi connectivity index (χ3n) is 5.92. The van der Waals surface area contributed by atoms with Crippen LogP contribution in [0.5, 0.6) is 11.5 Å². The minimum Gasteiger partial charge on any atom is -0.426 e. The maximum Gasteiger partial charge on any atom is 0.314 e. The lowest BCUT2D eigenvalue weighted by Crippen LogP contribution is -2.30. The van der Waals surface area contributed by atoms with Gasteiger partial charge in [-0.15, -0.1) is 0 Å². The summed E-state index contributed by atoms with van der Waals surface area (Å²) in [6.45, 7) is 8.52. The van der Waals surface area contributed by atoms with Crippen LogP contribution in [-0.2, 0) is 9.59 Å². The zero-order chi connectivity index (χ0) is 21.7. The Morgan fingerprint density at radius 2 is 0.933 bits per heavy atom. The van der Waals surface area contributed by atoms with Crippen LogP contribution in [0.3, 0.4) is 0 Å². The molecule has 0 saturated heterocycles. The van der Waals surface area contributed by atoms with Gasteiger partial charge in [-0.1, -0.05) is 52.0 Å². The first-order chi connectivity index (χ1) is 14.3. The molecule has 0 aromatic heterocycles. The van der Waals surface area contributed by atoms with Crippen LogP contribution in [-0.4, -0.2) is 11.9 Å². The molecule has 30 heavy (non-hydrogen) atoms. The van der Waals surface area contributed by atoms with Crippen LogP contribution in [0.25, 0.3) is 0 Å². The lowest BCUT2D eigenvalue weighted by molar-refractivity contribution is -0.145. The zero-order valence-electron chi connectivity index (χ0n) is 18.4. The van der Waals surface area contributed by atoms with E-state index in [-0.39, 0.29) is 23.8 Å². The van der Waals surface area contributed by atoms with Crippen molar-refractivity contribution in [3.8, 4) is 11.5 Å². The van der Waals surface area contributed by atoms with Gasteiger partial charge in [-0.2, -0.15) is 0 Å². The summed E-state index contributed by atoms with van der Waals surface area (Å²) in [6.07, 6.45) is 2.59. The maximum atomic E-state index is 12.5. The van der Waals surface area contributed by atoms with Gasteiger partial charge in [0.2, 0.25) is 0 Å². The highest BCUT2D eigenvalue weighted by atomic mass is 16.5. The summed E-state index contributed by atoms with van der Waals surface area (Å²) in [7, 11) is 0. The van der Waals surface area contributed by atoms with E-state index in [1.54, 1.807) is 0 Å². The van der Waals surface area contributed by atoms with Crippen LogP contribution in [0.2, 0.25) is 0 Å². The molecule has 0 heterocycles. The van der Waals surface area contributed by atoms with Gasteiger partial charge >= 0.3 is 11.9 Å². The topological polar surface area (TPSA) is 52.6 Å². The first-order valence-corrected chi connectivity index (χ1v) is 11.0. The van der Waals surface area contributed by atoms with E-state index in [2.05, 4.69) is 27.7 Å². The quantitative estimate of drug-likeness (QED) is 0.419. The van der Waals surface area contributed by atoms with E-state index in [9.17, 15) is 9.59 Å². The normalized spacial score (nSPS) is 19.0. The number of ether oxygens (including phenoxy) is 2. The van der Waals surface area contributed by atoms with E-state index >= 15 is 0 Å². The molecule has 0 radical (unpaired) electrons. The molecule has 160 valence electrons. The highest BCUT2D eigenvalue weighted by Gasteiger charge is 2.32. The average Bonchev–Trinajstić information content (AvgIpc) is 2.74. The Kier molecular flexibility index (Phi) is 7.30. The van der Waals surface area contributed by atoms with Crippen molar-refractivity contribution in [3.05, 3.63) is 59.7 Å². The second kappa shape index (κ2) is 9.92. The summed E-state index contributed by atoms with van der Waals surface area (Å²) in [6, 6.07) is 15.4. The van der Waals surface area contributed by atoms with Crippen molar-refractivity contribution in [3.63, 3.8) is 0 Å². The van der Waals surface area contributed by atoms with Crippen molar-refractivity contribution >= 4 is 11.9 Å². The number of hydrogen-bond acceptors (Lipinski definition) is 4. The first-order valence-electron chi connectivity index (χ1n) is 11.0. The van der Waals surface area contributed by atoms with Crippen LogP contribution < -0.4 is 9.47 Å². The summed E-state index contributed by atoms with van der Waals surface area (Å²) in [5, 5.41) is 0. The van der Waals surface area contributed by atoms with Gasteiger partial charge in [-0.05, 0) is 72.9 Å². The van der Waals surface area contributed by atoms with E-state index in [0.717, 1.165) is 0 Å². The third-order valence-corrected chi connectivity index (χ3v) is 5.92. The van der Waals surface area contributed by atoms with Gasteiger partial charge in [0, 0.05) is 0 Å². The highest BCUT2D eigenvalue weighted by molar-refractivity contribution is 5.77. The summed E-state index contributed by atoms with van der Waals surface area (Å²) in [4.78, 5) is 25.0. The van der Waals surface area contributed by atoms with Crippen LogP contribution in [0.1, 0.15) is 76.3 Å². The molecule has 2 aromatic carbocycles. The summed E-state index contributed by atoms with van der Waals surface area (Å²) >= 11 is 0. The molecule has 1 aliphatic rings. The van der Waals surface area contributed by atoms with Crippen LogP contribution in [0, 0.1) is 11.8 Å². The van der Waals surface area contributed by atoms with E-state index in [4.69, 9.17) is 9.47 Å². The van der Waals surface area contributed by atoms with Crippen LogP contribution in [0.4, 0.5) is 0 Å². The molecule has 1 aliphatic carbocycles. The fourth-order valence-corrected chi connectivity index (χ4v) is 3.81. The predicted molar refractivity (Wildman–Crippen MR) is 118 cm³/mol. The minimum atomic E-state index is -0.205. The fourth-order valence-electron chi connectivity index (χ4n) is 3.81. The molecule has 3 rings (SSSR count). The lowest BCUT2D eigenvalue weighted by atomic mass is 9.82. The van der Waals surface area contributed by atoms with Gasteiger partial charge in [0.25, 0.3) is 0 Å². The van der Waals surface area contributed by atoms with Crippen molar-refractivity contribution < 1.29 is 19.1 Å². The van der Waals surface area contributed by atoms with Crippen LogP contribution in [0.15, 0.2) is 48.5 Å². The number of carbonyl (C=O) groups is 2. The Morgan fingerprint density at radius 3 is 1.20 bits per heavy atom. The Hall–Kier alpha value is -2.62. The first kappa shape index (κ1) is 22.1. The van der Waals surface area contributed by atoms with Crippen LogP contribution >= 0.6 is 0 Å². The van der Waals surface area contributed by atoms with Crippen molar-refractivity contribution in [2.75, 3.05) is 0 Å². The molecule has 1 fully saturated rings. The van der Waals surface area contributed by atoms with Crippen molar-refractivity contribution in [2.24, 2.45) is 11.8 Å². The Bertz CT molecular complexity index is 768. The average molecular weight is 409 g/mol. The zero-order valence-corrected chi connectivity index (χ0v) is 18.4. The van der Waals surface area contributed by atoms with Crippen molar-refractivity contribution in [1.82, 2.24) is 0 Å². The second-order valence-electron chi connectivity index (χ2n) is 8.84. The van der Waals surface area contributed by atoms with Gasteiger partial charge in [-0.3, -0.25) is 9.59 Å². The van der Waals surface area contributed by atoms with E-state index in [0.29, 0.717) is 49.0 Å². The smallest absolute Gasteiger partial charge is 0.314 e. The highest BCUT2D eigenvalue weighted by Crippen LogP contribution is 2.31. The number of hydrogen-bond donors (Lipinski definition) is 0. The molecule has 0 atom stereocenters. The Morgan fingerprint density at radius 1 is 0.633 bits per heavy atom. The largest absolute Gasteiger partial charge is 0.426 e. The van der Waals surface area contributed by atoms with E-state index in [1.807, 2.05) is 48.5 Å². The predicted octanol–water partition coefficient (Wildman–Crippen LogP) is 6.25. The molecule has 1 saturated carbocycles. The Balaban J connectivity index is 1.47. The van der Waals surface area contributed by atoms with Gasteiger partial charge < -0.3 is 9.47 Å². The number of benzene rings is 2. The molecular formula is C26H32O4. The number of rotatable bonds is 6. The van der Waals surface area contributed by atoms with Crippen molar-refractivity contribution in [2.45, 2.75) is 65.2 Å². The monoisotopic (exact) mass is 408 g/mol. The summed E-state index contributed by atoms with van der Waals surface area (Å²) < 4.78 is 11.1. The Labute approximate surface area is 179 Å². The van der Waals surface area contributed by atoms with Gasteiger partial charge in [0.05, 0.1) is 11.8 Å². The molecule has 4 heteroatoms.